The van der Waals surface area contributed by atoms with Crippen LogP contribution in [0, 0.1) is 5.92 Å². The van der Waals surface area contributed by atoms with Gasteiger partial charge in [-0.1, -0.05) is 19.9 Å². The van der Waals surface area contributed by atoms with Gasteiger partial charge in [0.2, 0.25) is 5.78 Å². The molecule has 0 bridgehead atoms. The van der Waals surface area contributed by atoms with E-state index in [1.807, 2.05) is 13.8 Å². The fourth-order valence-electron chi connectivity index (χ4n) is 2.92. The summed E-state index contributed by atoms with van der Waals surface area (Å²) in [6, 6.07) is 3.79. The predicted molar refractivity (Wildman–Crippen MR) is 102 cm³/mol. The molecule has 7 nitrogen and oxygen atoms in total. The summed E-state index contributed by atoms with van der Waals surface area (Å²) < 4.78 is 5.25. The van der Waals surface area contributed by atoms with Crippen molar-refractivity contribution in [2.24, 2.45) is 5.92 Å². The zero-order valence-corrected chi connectivity index (χ0v) is 16.7. The van der Waals surface area contributed by atoms with E-state index in [2.05, 4.69) is 15.6 Å². The number of ketones is 2. The molecule has 1 aromatic heterocycles. The van der Waals surface area contributed by atoms with Gasteiger partial charge in [-0.25, -0.2) is 9.78 Å². The van der Waals surface area contributed by atoms with E-state index in [0.29, 0.717) is 0 Å². The summed E-state index contributed by atoms with van der Waals surface area (Å²) in [7, 11) is 0. The smallest absolute Gasteiger partial charge is 0.408 e. The number of Topliss-reactive ketones (excluding diaryl/α,β-unsaturated/α-hetero) is 2. The maximum Gasteiger partial charge on any atom is 0.408 e. The van der Waals surface area contributed by atoms with Crippen LogP contribution in [-0.2, 0) is 4.74 Å². The summed E-state index contributed by atoms with van der Waals surface area (Å²) in [6.07, 6.45) is 1.06. The molecule has 148 valence electrons. The summed E-state index contributed by atoms with van der Waals surface area (Å²) >= 11 is 0. The lowest BCUT2D eigenvalue weighted by molar-refractivity contribution is 0.0475. The SMILES string of the molecule is CC(C)[C@H](NC(=O)OC(C)(C)C)C(=O)c1cccc(C(=O)[C@H]2CCCN2)n1. The minimum absolute atomic E-state index is 0.108. The van der Waals surface area contributed by atoms with Gasteiger partial charge >= 0.3 is 6.09 Å². The summed E-state index contributed by atoms with van der Waals surface area (Å²) in [5.41, 5.74) is -0.235. The van der Waals surface area contributed by atoms with Crippen molar-refractivity contribution in [2.75, 3.05) is 6.54 Å². The Balaban J connectivity index is 2.16. The third kappa shape index (κ3) is 5.85. The number of alkyl carbamates (subject to hydrolysis) is 1. The first kappa shape index (κ1) is 21.0. The third-order valence-electron chi connectivity index (χ3n) is 4.25. The van der Waals surface area contributed by atoms with Gasteiger partial charge < -0.3 is 15.4 Å². The molecule has 1 aromatic rings. The number of pyridine rings is 1. The molecule has 27 heavy (non-hydrogen) atoms. The second kappa shape index (κ2) is 8.61. The molecule has 1 aliphatic rings. The van der Waals surface area contributed by atoms with E-state index >= 15 is 0 Å². The van der Waals surface area contributed by atoms with Gasteiger partial charge in [-0.05, 0) is 58.2 Å². The van der Waals surface area contributed by atoms with E-state index in [1.54, 1.807) is 39.0 Å². The summed E-state index contributed by atoms with van der Waals surface area (Å²) in [6.45, 7) is 9.74. The van der Waals surface area contributed by atoms with Crippen LogP contribution in [0.15, 0.2) is 18.2 Å². The Kier molecular flexibility index (Phi) is 6.70. The Hall–Kier alpha value is -2.28. The maximum absolute atomic E-state index is 12.9. The summed E-state index contributed by atoms with van der Waals surface area (Å²) in [4.78, 5) is 41.8. The first-order valence-corrected chi connectivity index (χ1v) is 9.37. The van der Waals surface area contributed by atoms with Crippen LogP contribution in [0.5, 0.6) is 0 Å². The van der Waals surface area contributed by atoms with Crippen LogP contribution in [0.4, 0.5) is 4.79 Å². The van der Waals surface area contributed by atoms with Crippen molar-refractivity contribution >= 4 is 17.7 Å². The molecule has 0 unspecified atom stereocenters. The molecule has 1 amide bonds. The first-order valence-electron chi connectivity index (χ1n) is 9.37. The number of amides is 1. The number of nitrogens with one attached hydrogen (secondary N) is 2. The van der Waals surface area contributed by atoms with Crippen molar-refractivity contribution in [1.82, 2.24) is 15.6 Å². The number of rotatable bonds is 6. The largest absolute Gasteiger partial charge is 0.444 e. The molecule has 2 atom stereocenters. The number of hydrogen-bond donors (Lipinski definition) is 2. The number of carbonyl (C=O) groups excluding carboxylic acids is 3. The lowest BCUT2D eigenvalue weighted by atomic mass is 9.97. The highest BCUT2D eigenvalue weighted by atomic mass is 16.6. The monoisotopic (exact) mass is 375 g/mol. The zero-order valence-electron chi connectivity index (χ0n) is 16.7. The molecule has 2 N–H and O–H groups in total. The number of carbonyl (C=O) groups is 3. The van der Waals surface area contributed by atoms with Crippen LogP contribution in [0.25, 0.3) is 0 Å². The fraction of sp³-hybridized carbons (Fsp3) is 0.600. The van der Waals surface area contributed by atoms with Crippen molar-refractivity contribution in [1.29, 1.82) is 0 Å². The molecule has 1 fully saturated rings. The van der Waals surface area contributed by atoms with E-state index in [4.69, 9.17) is 4.74 Å². The van der Waals surface area contributed by atoms with Crippen LogP contribution in [0.3, 0.4) is 0 Å². The predicted octanol–water partition coefficient (Wildman–Crippen LogP) is 2.75. The van der Waals surface area contributed by atoms with Crippen molar-refractivity contribution in [2.45, 2.75) is 65.1 Å². The zero-order chi connectivity index (χ0) is 20.2. The first-order chi connectivity index (χ1) is 12.6. The number of aromatic nitrogens is 1. The van der Waals surface area contributed by atoms with Gasteiger partial charge in [-0.2, -0.15) is 0 Å². The van der Waals surface area contributed by atoms with Crippen LogP contribution in [0.1, 0.15) is 68.4 Å². The van der Waals surface area contributed by atoms with Crippen molar-refractivity contribution < 1.29 is 19.1 Å². The molecule has 0 aliphatic carbocycles. The molecule has 0 saturated carbocycles. The topological polar surface area (TPSA) is 97.4 Å². The van der Waals surface area contributed by atoms with E-state index in [0.717, 1.165) is 19.4 Å². The standard InChI is InChI=1S/C20H29N3O4/c1-12(2)16(23-19(26)27-20(3,4)5)18(25)15-9-6-8-14(22-15)17(24)13-10-7-11-21-13/h6,8-9,12-13,16,21H,7,10-11H2,1-5H3,(H,23,26)/t13-,16+/m1/s1. The lowest BCUT2D eigenvalue weighted by Gasteiger charge is -2.25. The number of nitrogens with zero attached hydrogens (tertiary/aromatic N) is 1. The normalized spacial score (nSPS) is 18.2. The van der Waals surface area contributed by atoms with Crippen molar-refractivity contribution in [3.63, 3.8) is 0 Å². The van der Waals surface area contributed by atoms with Gasteiger partial charge in [-0.3, -0.25) is 9.59 Å². The van der Waals surface area contributed by atoms with Crippen LogP contribution in [0.2, 0.25) is 0 Å². The highest BCUT2D eigenvalue weighted by molar-refractivity contribution is 6.03. The number of ether oxygens (including phenoxy) is 1. The van der Waals surface area contributed by atoms with E-state index in [9.17, 15) is 14.4 Å². The minimum Gasteiger partial charge on any atom is -0.444 e. The molecule has 0 aromatic carbocycles. The Morgan fingerprint density at radius 1 is 1.22 bits per heavy atom. The van der Waals surface area contributed by atoms with E-state index in [-0.39, 0.29) is 34.9 Å². The molecular weight excluding hydrogens is 346 g/mol. The Labute approximate surface area is 160 Å². The van der Waals surface area contributed by atoms with E-state index < -0.39 is 17.7 Å². The Morgan fingerprint density at radius 2 is 1.89 bits per heavy atom. The highest BCUT2D eigenvalue weighted by Gasteiger charge is 2.30. The summed E-state index contributed by atoms with van der Waals surface area (Å²) in [5.74, 6) is -0.615. The van der Waals surface area contributed by atoms with Crippen molar-refractivity contribution in [3.8, 4) is 0 Å². The van der Waals surface area contributed by atoms with Crippen LogP contribution in [-0.4, -0.2) is 46.9 Å². The number of hydrogen-bond acceptors (Lipinski definition) is 6. The van der Waals surface area contributed by atoms with Crippen LogP contribution >= 0.6 is 0 Å². The lowest BCUT2D eigenvalue weighted by Crippen LogP contribution is -2.46. The average Bonchev–Trinajstić information content (AvgIpc) is 3.11. The second-order valence-corrected chi connectivity index (χ2v) is 8.15. The van der Waals surface area contributed by atoms with Gasteiger partial charge in [0.15, 0.2) is 5.78 Å². The van der Waals surface area contributed by atoms with E-state index in [1.165, 1.54) is 0 Å². The third-order valence-corrected chi connectivity index (χ3v) is 4.25. The second-order valence-electron chi connectivity index (χ2n) is 8.15. The molecule has 1 saturated heterocycles. The Bertz CT molecular complexity index is 703. The van der Waals surface area contributed by atoms with Crippen LogP contribution < -0.4 is 10.6 Å². The molecule has 0 radical (unpaired) electrons. The van der Waals surface area contributed by atoms with Gasteiger partial charge in [0, 0.05) is 0 Å². The maximum atomic E-state index is 12.9. The highest BCUT2D eigenvalue weighted by Crippen LogP contribution is 2.15. The van der Waals surface area contributed by atoms with Crippen molar-refractivity contribution in [3.05, 3.63) is 29.6 Å². The Morgan fingerprint density at radius 3 is 2.44 bits per heavy atom. The molecule has 2 heterocycles. The summed E-state index contributed by atoms with van der Waals surface area (Å²) in [5, 5.41) is 5.77. The minimum atomic E-state index is -0.790. The molecule has 2 rings (SSSR count). The average molecular weight is 375 g/mol. The van der Waals surface area contributed by atoms with Gasteiger partial charge in [0.1, 0.15) is 17.0 Å². The molecule has 0 spiro atoms. The quantitative estimate of drug-likeness (QED) is 0.742. The molecule has 7 heteroatoms. The van der Waals surface area contributed by atoms with Gasteiger partial charge in [0.25, 0.3) is 0 Å². The molecule has 1 aliphatic heterocycles. The fourth-order valence-corrected chi connectivity index (χ4v) is 2.92. The molecular formula is C20H29N3O4. The van der Waals surface area contributed by atoms with Gasteiger partial charge in [-0.15, -0.1) is 0 Å². The van der Waals surface area contributed by atoms with Gasteiger partial charge in [0.05, 0.1) is 12.1 Å².